The number of ether oxygens (including phenoxy) is 1. The molecule has 1 N–H and O–H groups in total. The summed E-state index contributed by atoms with van der Waals surface area (Å²) in [6.07, 6.45) is 0. The van der Waals surface area contributed by atoms with Crippen molar-refractivity contribution in [2.24, 2.45) is 0 Å². The van der Waals surface area contributed by atoms with Crippen LogP contribution in [-0.4, -0.2) is 18.1 Å². The van der Waals surface area contributed by atoms with Crippen LogP contribution < -0.4 is 10.1 Å². The first kappa shape index (κ1) is 13.8. The van der Waals surface area contributed by atoms with Gasteiger partial charge in [-0.2, -0.15) is 0 Å². The molecule has 6 heteroatoms. The topological polar surface area (TPSA) is 64.4 Å². The molecule has 2 rings (SSSR count). The fraction of sp³-hybridized carbons (Fsp3) is 0.143. The van der Waals surface area contributed by atoms with Crippen LogP contribution in [0.25, 0.3) is 0 Å². The Morgan fingerprint density at radius 1 is 1.20 bits per heavy atom. The molecule has 0 saturated heterocycles. The lowest BCUT2D eigenvalue weighted by Crippen LogP contribution is -2.11. The largest absolute Gasteiger partial charge is 0.492 e. The second-order valence-electron chi connectivity index (χ2n) is 4.04. The number of nitrogens with one attached hydrogen (secondary N) is 1. The number of benzene rings is 2. The van der Waals surface area contributed by atoms with Crippen molar-refractivity contribution in [1.29, 1.82) is 0 Å². The Kier molecular flexibility index (Phi) is 4.49. The molecule has 0 fully saturated rings. The number of anilines is 1. The second-order valence-corrected chi connectivity index (χ2v) is 4.04. The number of nitro benzene ring substituents is 1. The molecule has 20 heavy (non-hydrogen) atoms. The normalized spacial score (nSPS) is 10.1. The third kappa shape index (κ3) is 3.94. The Labute approximate surface area is 115 Å². The van der Waals surface area contributed by atoms with Crippen LogP contribution in [-0.2, 0) is 0 Å². The molecule has 0 saturated carbocycles. The van der Waals surface area contributed by atoms with Crippen molar-refractivity contribution in [3.63, 3.8) is 0 Å². The Balaban J connectivity index is 1.86. The highest BCUT2D eigenvalue weighted by molar-refractivity contribution is 5.51. The number of nitro groups is 1. The SMILES string of the molecule is O=[N+]([O-])c1cc(F)cc(NCCOc2ccccc2)c1. The van der Waals surface area contributed by atoms with Gasteiger partial charge >= 0.3 is 0 Å². The van der Waals surface area contributed by atoms with Crippen LogP contribution in [0.1, 0.15) is 0 Å². The van der Waals surface area contributed by atoms with Gasteiger partial charge in [0.05, 0.1) is 11.0 Å². The van der Waals surface area contributed by atoms with Gasteiger partial charge in [-0.3, -0.25) is 10.1 Å². The van der Waals surface area contributed by atoms with Crippen molar-refractivity contribution in [2.75, 3.05) is 18.5 Å². The predicted octanol–water partition coefficient (Wildman–Crippen LogP) is 3.22. The molecule has 5 nitrogen and oxygen atoms in total. The zero-order valence-electron chi connectivity index (χ0n) is 10.6. The summed E-state index contributed by atoms with van der Waals surface area (Å²) in [7, 11) is 0. The van der Waals surface area contributed by atoms with Gasteiger partial charge in [-0.05, 0) is 18.2 Å². The molecular formula is C14H13FN2O3. The average molecular weight is 276 g/mol. The van der Waals surface area contributed by atoms with E-state index in [4.69, 9.17) is 4.74 Å². The van der Waals surface area contributed by atoms with Gasteiger partial charge < -0.3 is 10.1 Å². The van der Waals surface area contributed by atoms with Crippen molar-refractivity contribution < 1.29 is 14.1 Å². The van der Waals surface area contributed by atoms with Crippen LogP contribution in [0.2, 0.25) is 0 Å². The van der Waals surface area contributed by atoms with Crippen LogP contribution in [0.4, 0.5) is 15.8 Å². The quantitative estimate of drug-likeness (QED) is 0.500. The van der Waals surface area contributed by atoms with E-state index in [1.165, 1.54) is 12.1 Å². The lowest BCUT2D eigenvalue weighted by Gasteiger charge is -2.08. The van der Waals surface area contributed by atoms with Crippen molar-refractivity contribution in [1.82, 2.24) is 0 Å². The molecule has 0 aromatic heterocycles. The molecule has 0 aliphatic rings. The van der Waals surface area contributed by atoms with E-state index >= 15 is 0 Å². The molecule has 0 spiro atoms. The fourth-order valence-corrected chi connectivity index (χ4v) is 1.66. The van der Waals surface area contributed by atoms with Crippen molar-refractivity contribution in [2.45, 2.75) is 0 Å². The minimum absolute atomic E-state index is 0.281. The monoisotopic (exact) mass is 276 g/mol. The van der Waals surface area contributed by atoms with Crippen LogP contribution in [0.5, 0.6) is 5.75 Å². The van der Waals surface area contributed by atoms with Crippen molar-refractivity contribution in [3.8, 4) is 5.75 Å². The summed E-state index contributed by atoms with van der Waals surface area (Å²) < 4.78 is 18.6. The minimum atomic E-state index is -0.648. The molecule has 2 aromatic rings. The number of rotatable bonds is 6. The molecule has 0 unspecified atom stereocenters. The third-order valence-corrected chi connectivity index (χ3v) is 2.54. The lowest BCUT2D eigenvalue weighted by atomic mass is 10.2. The minimum Gasteiger partial charge on any atom is -0.492 e. The van der Waals surface area contributed by atoms with Gasteiger partial charge in [-0.1, -0.05) is 18.2 Å². The molecule has 104 valence electrons. The fourth-order valence-electron chi connectivity index (χ4n) is 1.66. The van der Waals surface area contributed by atoms with E-state index in [0.717, 1.165) is 11.8 Å². The van der Waals surface area contributed by atoms with E-state index in [-0.39, 0.29) is 5.69 Å². The molecular weight excluding hydrogens is 263 g/mol. The Morgan fingerprint density at radius 3 is 2.65 bits per heavy atom. The maximum absolute atomic E-state index is 13.2. The second kappa shape index (κ2) is 6.51. The van der Waals surface area contributed by atoms with E-state index in [9.17, 15) is 14.5 Å². The molecule has 0 aliphatic carbocycles. The molecule has 2 aromatic carbocycles. The smallest absolute Gasteiger partial charge is 0.274 e. The molecule has 0 amide bonds. The van der Waals surface area contributed by atoms with E-state index in [0.29, 0.717) is 18.8 Å². The van der Waals surface area contributed by atoms with Crippen LogP contribution in [0.15, 0.2) is 48.5 Å². The summed E-state index contributed by atoms with van der Waals surface area (Å²) in [5.74, 6) is 0.0881. The van der Waals surface area contributed by atoms with Gasteiger partial charge in [-0.15, -0.1) is 0 Å². The number of hydrogen-bond acceptors (Lipinski definition) is 4. The number of para-hydroxylation sites is 1. The number of nitrogens with zero attached hydrogens (tertiary/aromatic N) is 1. The Bertz CT molecular complexity index is 590. The molecule has 0 aliphatic heterocycles. The Morgan fingerprint density at radius 2 is 1.95 bits per heavy atom. The van der Waals surface area contributed by atoms with Crippen LogP contribution in [0, 0.1) is 15.9 Å². The number of halogens is 1. The molecule has 0 heterocycles. The molecule has 0 radical (unpaired) electrons. The first-order chi connectivity index (χ1) is 9.65. The first-order valence-electron chi connectivity index (χ1n) is 6.02. The van der Waals surface area contributed by atoms with Gasteiger partial charge in [0.2, 0.25) is 0 Å². The summed E-state index contributed by atoms with van der Waals surface area (Å²) in [5.41, 5.74) is 0.0739. The summed E-state index contributed by atoms with van der Waals surface area (Å²) in [6.45, 7) is 0.782. The highest BCUT2D eigenvalue weighted by Gasteiger charge is 2.09. The third-order valence-electron chi connectivity index (χ3n) is 2.54. The lowest BCUT2D eigenvalue weighted by molar-refractivity contribution is -0.385. The van der Waals surface area contributed by atoms with Crippen molar-refractivity contribution in [3.05, 3.63) is 64.5 Å². The highest BCUT2D eigenvalue weighted by Crippen LogP contribution is 2.19. The van der Waals surface area contributed by atoms with E-state index in [1.54, 1.807) is 0 Å². The van der Waals surface area contributed by atoms with Gasteiger partial charge in [0.25, 0.3) is 5.69 Å². The zero-order chi connectivity index (χ0) is 14.4. The first-order valence-corrected chi connectivity index (χ1v) is 6.02. The highest BCUT2D eigenvalue weighted by atomic mass is 19.1. The predicted molar refractivity (Wildman–Crippen MR) is 73.5 cm³/mol. The maximum atomic E-state index is 13.2. The summed E-state index contributed by atoms with van der Waals surface area (Å²) >= 11 is 0. The summed E-state index contributed by atoms with van der Waals surface area (Å²) in [4.78, 5) is 9.98. The Hall–Kier alpha value is -2.63. The van der Waals surface area contributed by atoms with E-state index < -0.39 is 10.7 Å². The summed E-state index contributed by atoms with van der Waals surface area (Å²) in [5, 5.41) is 13.5. The van der Waals surface area contributed by atoms with Gasteiger partial charge in [0, 0.05) is 18.3 Å². The summed E-state index contributed by atoms with van der Waals surface area (Å²) in [6, 6.07) is 12.6. The van der Waals surface area contributed by atoms with E-state index in [1.807, 2.05) is 30.3 Å². The molecule has 0 atom stereocenters. The maximum Gasteiger partial charge on any atom is 0.274 e. The average Bonchev–Trinajstić information content (AvgIpc) is 2.44. The standard InChI is InChI=1S/C14H13FN2O3/c15-11-8-12(10-13(9-11)17(18)19)16-6-7-20-14-4-2-1-3-5-14/h1-5,8-10,16H,6-7H2. The van der Waals surface area contributed by atoms with Crippen molar-refractivity contribution >= 4 is 11.4 Å². The zero-order valence-corrected chi connectivity index (χ0v) is 10.6. The number of non-ortho nitro benzene ring substituents is 1. The van der Waals surface area contributed by atoms with E-state index in [2.05, 4.69) is 5.32 Å². The van der Waals surface area contributed by atoms with Crippen LogP contribution >= 0.6 is 0 Å². The van der Waals surface area contributed by atoms with Crippen LogP contribution in [0.3, 0.4) is 0 Å². The van der Waals surface area contributed by atoms with Gasteiger partial charge in [0.15, 0.2) is 0 Å². The van der Waals surface area contributed by atoms with Gasteiger partial charge in [0.1, 0.15) is 18.2 Å². The number of hydrogen-bond donors (Lipinski definition) is 1. The van der Waals surface area contributed by atoms with Gasteiger partial charge in [-0.25, -0.2) is 4.39 Å². The molecule has 0 bridgehead atoms.